The summed E-state index contributed by atoms with van der Waals surface area (Å²) in [6, 6.07) is 6.68. The van der Waals surface area contributed by atoms with E-state index in [1.807, 2.05) is 19.1 Å². The van der Waals surface area contributed by atoms with Gasteiger partial charge in [0.15, 0.2) is 0 Å². The number of ether oxygens (including phenoxy) is 1. The van der Waals surface area contributed by atoms with Crippen LogP contribution in [0.15, 0.2) is 28.8 Å². The second kappa shape index (κ2) is 6.53. The van der Waals surface area contributed by atoms with Gasteiger partial charge in [0.2, 0.25) is 5.89 Å². The summed E-state index contributed by atoms with van der Waals surface area (Å²) < 4.78 is 11.6. The summed E-state index contributed by atoms with van der Waals surface area (Å²) in [4.78, 5) is 6.82. The zero-order valence-electron chi connectivity index (χ0n) is 13.6. The quantitative estimate of drug-likeness (QED) is 0.844. The summed E-state index contributed by atoms with van der Waals surface area (Å²) in [5.41, 5.74) is 2.27. The average molecular weight is 300 g/mol. The molecule has 1 aromatic heterocycles. The summed E-state index contributed by atoms with van der Waals surface area (Å²) in [7, 11) is 0. The fourth-order valence-electron chi connectivity index (χ4n) is 3.12. The predicted octanol–water partition coefficient (Wildman–Crippen LogP) is 3.69. The van der Waals surface area contributed by atoms with Crippen LogP contribution in [0.3, 0.4) is 0 Å². The normalized spacial score (nSPS) is 17.4. The molecule has 0 fully saturated rings. The second-order valence-corrected chi connectivity index (χ2v) is 5.90. The van der Waals surface area contributed by atoms with Crippen LogP contribution in [0.1, 0.15) is 31.6 Å². The minimum absolute atomic E-state index is 0.457. The van der Waals surface area contributed by atoms with Gasteiger partial charge in [-0.05, 0) is 56.6 Å². The zero-order chi connectivity index (χ0) is 15.5. The van der Waals surface area contributed by atoms with Gasteiger partial charge in [-0.25, -0.2) is 4.98 Å². The fourth-order valence-corrected chi connectivity index (χ4v) is 3.12. The summed E-state index contributed by atoms with van der Waals surface area (Å²) in [5.74, 6) is 2.51. The topological polar surface area (TPSA) is 38.5 Å². The molecule has 2 heterocycles. The third kappa shape index (κ3) is 3.02. The summed E-state index contributed by atoms with van der Waals surface area (Å²) in [6.45, 7) is 9.32. The van der Waals surface area contributed by atoms with Crippen LogP contribution in [0.4, 0.5) is 0 Å². The van der Waals surface area contributed by atoms with Gasteiger partial charge >= 0.3 is 0 Å². The lowest BCUT2D eigenvalue weighted by Gasteiger charge is -2.34. The molecule has 1 aromatic carbocycles. The molecular weight excluding hydrogens is 276 g/mol. The molecule has 1 unspecified atom stereocenters. The Balaban J connectivity index is 1.83. The fraction of sp³-hybridized carbons (Fsp3) is 0.500. The number of fused-ring (bicyclic) bond motifs is 1. The predicted molar refractivity (Wildman–Crippen MR) is 87.2 cm³/mol. The molecule has 3 rings (SSSR count). The number of aromatic nitrogens is 1. The van der Waals surface area contributed by atoms with E-state index in [-0.39, 0.29) is 0 Å². The van der Waals surface area contributed by atoms with Crippen molar-refractivity contribution >= 4 is 0 Å². The van der Waals surface area contributed by atoms with Crippen LogP contribution in [0.2, 0.25) is 0 Å². The Kier molecular flexibility index (Phi) is 4.48. The summed E-state index contributed by atoms with van der Waals surface area (Å²) >= 11 is 0. The Morgan fingerprint density at radius 3 is 2.86 bits per heavy atom. The number of likely N-dealkylation sites (N-methyl/N-ethyl adjacent to an activating group) is 1. The number of oxazole rings is 1. The molecule has 0 saturated heterocycles. The van der Waals surface area contributed by atoms with Gasteiger partial charge < -0.3 is 9.15 Å². The van der Waals surface area contributed by atoms with Gasteiger partial charge in [0, 0.05) is 11.6 Å². The van der Waals surface area contributed by atoms with Gasteiger partial charge in [-0.1, -0.05) is 13.8 Å². The van der Waals surface area contributed by atoms with Crippen LogP contribution in [0, 0.1) is 6.92 Å². The first kappa shape index (κ1) is 15.1. The Morgan fingerprint density at radius 1 is 1.32 bits per heavy atom. The van der Waals surface area contributed by atoms with Crippen LogP contribution in [0.5, 0.6) is 5.75 Å². The molecule has 22 heavy (non-hydrogen) atoms. The largest absolute Gasteiger partial charge is 0.492 e. The van der Waals surface area contributed by atoms with Crippen molar-refractivity contribution in [1.29, 1.82) is 0 Å². The molecule has 0 radical (unpaired) electrons. The van der Waals surface area contributed by atoms with Crippen molar-refractivity contribution < 1.29 is 9.15 Å². The Labute approximate surface area is 132 Å². The first-order chi connectivity index (χ1) is 10.7. The molecule has 1 aliphatic rings. The van der Waals surface area contributed by atoms with Crippen molar-refractivity contribution in [2.75, 3.05) is 19.7 Å². The van der Waals surface area contributed by atoms with Crippen molar-refractivity contribution in [1.82, 2.24) is 9.88 Å². The Bertz CT molecular complexity index is 636. The van der Waals surface area contributed by atoms with Gasteiger partial charge in [-0.2, -0.15) is 0 Å². The Hall–Kier alpha value is -1.81. The average Bonchev–Trinajstić information content (AvgIpc) is 2.98. The number of rotatable bonds is 5. The van der Waals surface area contributed by atoms with E-state index in [0.717, 1.165) is 43.2 Å². The van der Waals surface area contributed by atoms with E-state index in [0.29, 0.717) is 11.9 Å². The molecule has 0 bridgehead atoms. The van der Waals surface area contributed by atoms with Crippen molar-refractivity contribution in [3.05, 3.63) is 35.7 Å². The highest BCUT2D eigenvalue weighted by molar-refractivity contribution is 5.58. The summed E-state index contributed by atoms with van der Waals surface area (Å²) in [5, 5.41) is 0. The highest BCUT2D eigenvalue weighted by Gasteiger charge is 2.24. The van der Waals surface area contributed by atoms with E-state index in [9.17, 15) is 0 Å². The maximum Gasteiger partial charge on any atom is 0.226 e. The van der Waals surface area contributed by atoms with E-state index in [1.54, 1.807) is 6.20 Å². The van der Waals surface area contributed by atoms with Gasteiger partial charge in [0.25, 0.3) is 0 Å². The number of nitrogens with zero attached hydrogens (tertiary/aromatic N) is 2. The van der Waals surface area contributed by atoms with Gasteiger partial charge in [-0.3, -0.25) is 4.90 Å². The maximum absolute atomic E-state index is 5.97. The van der Waals surface area contributed by atoms with Crippen molar-refractivity contribution in [2.45, 2.75) is 39.7 Å². The Morgan fingerprint density at radius 2 is 2.18 bits per heavy atom. The molecule has 0 spiro atoms. The van der Waals surface area contributed by atoms with E-state index in [4.69, 9.17) is 9.15 Å². The van der Waals surface area contributed by atoms with E-state index < -0.39 is 0 Å². The van der Waals surface area contributed by atoms with E-state index in [1.165, 1.54) is 12.0 Å². The lowest BCUT2D eigenvalue weighted by atomic mass is 9.99. The molecule has 4 nitrogen and oxygen atoms in total. The van der Waals surface area contributed by atoms with Crippen molar-refractivity contribution in [2.24, 2.45) is 0 Å². The lowest BCUT2D eigenvalue weighted by molar-refractivity contribution is 0.124. The third-order valence-electron chi connectivity index (χ3n) is 4.25. The lowest BCUT2D eigenvalue weighted by Crippen LogP contribution is -2.43. The number of hydrogen-bond donors (Lipinski definition) is 0. The zero-order valence-corrected chi connectivity index (χ0v) is 13.6. The van der Waals surface area contributed by atoms with Crippen LogP contribution in [-0.4, -0.2) is 35.6 Å². The van der Waals surface area contributed by atoms with E-state index >= 15 is 0 Å². The maximum atomic E-state index is 5.97. The van der Waals surface area contributed by atoms with Gasteiger partial charge in [-0.15, -0.1) is 0 Å². The third-order valence-corrected chi connectivity index (χ3v) is 4.25. The van der Waals surface area contributed by atoms with Crippen molar-refractivity contribution in [3.8, 4) is 17.2 Å². The minimum atomic E-state index is 0.457. The molecule has 118 valence electrons. The molecule has 2 aromatic rings. The highest BCUT2D eigenvalue weighted by atomic mass is 16.5. The summed E-state index contributed by atoms with van der Waals surface area (Å²) in [6.07, 6.45) is 3.96. The molecule has 0 amide bonds. The van der Waals surface area contributed by atoms with Gasteiger partial charge in [0.1, 0.15) is 18.1 Å². The first-order valence-corrected chi connectivity index (χ1v) is 8.13. The molecule has 1 atom stereocenters. The first-order valence-electron chi connectivity index (χ1n) is 8.13. The molecule has 1 aliphatic heterocycles. The van der Waals surface area contributed by atoms with E-state index in [2.05, 4.69) is 29.8 Å². The molecule has 0 saturated carbocycles. The molecular formula is C18H24N2O2. The number of aryl methyl sites for hydroxylation is 1. The van der Waals surface area contributed by atoms with Crippen LogP contribution < -0.4 is 4.74 Å². The number of benzene rings is 1. The minimum Gasteiger partial charge on any atom is -0.492 e. The van der Waals surface area contributed by atoms with Crippen LogP contribution in [0.25, 0.3) is 11.5 Å². The second-order valence-electron chi connectivity index (χ2n) is 5.90. The van der Waals surface area contributed by atoms with Gasteiger partial charge in [0.05, 0.1) is 6.20 Å². The molecule has 0 N–H and O–H groups in total. The molecule has 4 heteroatoms. The van der Waals surface area contributed by atoms with Crippen LogP contribution in [-0.2, 0) is 6.42 Å². The van der Waals surface area contributed by atoms with Crippen molar-refractivity contribution in [3.63, 3.8) is 0 Å². The SMILES string of the molecule is CCCN(CC)C1COc2ccc(-c3ncc(C)o3)cc2C1. The standard InChI is InChI=1S/C18H24N2O2/c1-4-8-20(5-2)16-10-15-9-14(6-7-17(15)21-12-16)18-19-11-13(3)22-18/h6-7,9,11,16H,4-5,8,10,12H2,1-3H3. The smallest absolute Gasteiger partial charge is 0.226 e. The monoisotopic (exact) mass is 300 g/mol. The van der Waals surface area contributed by atoms with Crippen LogP contribution >= 0.6 is 0 Å². The molecule has 0 aliphatic carbocycles. The highest BCUT2D eigenvalue weighted by Crippen LogP contribution is 2.31. The number of hydrogen-bond acceptors (Lipinski definition) is 4.